The number of benzene rings is 2. The second kappa shape index (κ2) is 6.89. The van der Waals surface area contributed by atoms with E-state index in [9.17, 15) is 24.6 Å². The third kappa shape index (κ3) is 3.35. The van der Waals surface area contributed by atoms with Crippen molar-refractivity contribution in [1.29, 1.82) is 0 Å². The minimum absolute atomic E-state index is 0.0166. The number of nitrogens with two attached hydrogens (primary N) is 1. The van der Waals surface area contributed by atoms with Crippen LogP contribution in [0, 0.1) is 0 Å². The van der Waals surface area contributed by atoms with Gasteiger partial charge in [-0.2, -0.15) is 5.10 Å². The van der Waals surface area contributed by atoms with Crippen LogP contribution < -0.4 is 16.5 Å². The van der Waals surface area contributed by atoms with Crippen LogP contribution >= 0.6 is 0 Å². The first-order valence-corrected chi connectivity index (χ1v) is 7.91. The number of amides is 3. The van der Waals surface area contributed by atoms with E-state index in [4.69, 9.17) is 5.73 Å². The minimum Gasteiger partial charge on any atom is -0.507 e. The predicted octanol–water partition coefficient (Wildman–Crippen LogP) is -0.0722. The van der Waals surface area contributed by atoms with E-state index in [0.717, 1.165) is 0 Å². The van der Waals surface area contributed by atoms with E-state index in [1.54, 1.807) is 36.4 Å². The Morgan fingerprint density at radius 2 is 1.81 bits per heavy atom. The van der Waals surface area contributed by atoms with Crippen molar-refractivity contribution in [1.82, 2.24) is 5.43 Å². The Balaban J connectivity index is 2.03. The molecule has 1 heterocycles. The fourth-order valence-electron chi connectivity index (χ4n) is 2.80. The van der Waals surface area contributed by atoms with Gasteiger partial charge in [-0.3, -0.25) is 14.4 Å². The number of hydrogen-bond acceptors (Lipinski definition) is 6. The third-order valence-electron chi connectivity index (χ3n) is 4.15. The Morgan fingerprint density at radius 3 is 2.52 bits per heavy atom. The normalized spacial score (nSPS) is 18.6. The number of nitrogens with zero attached hydrogens (tertiary/aromatic N) is 1. The predicted molar refractivity (Wildman–Crippen MR) is 95.6 cm³/mol. The van der Waals surface area contributed by atoms with E-state index in [1.807, 2.05) is 5.43 Å². The summed E-state index contributed by atoms with van der Waals surface area (Å²) in [5, 5.41) is 27.5. The molecule has 138 valence electrons. The minimum atomic E-state index is -1.98. The van der Waals surface area contributed by atoms with Gasteiger partial charge in [0.15, 0.2) is 5.60 Å². The maximum absolute atomic E-state index is 12.4. The highest BCUT2D eigenvalue weighted by atomic mass is 16.3. The lowest BCUT2D eigenvalue weighted by Crippen LogP contribution is -2.38. The third-order valence-corrected chi connectivity index (χ3v) is 4.15. The lowest BCUT2D eigenvalue weighted by Gasteiger charge is -2.22. The molecule has 9 heteroatoms. The van der Waals surface area contributed by atoms with Crippen LogP contribution in [0.25, 0.3) is 0 Å². The Morgan fingerprint density at radius 1 is 1.15 bits per heavy atom. The zero-order valence-electron chi connectivity index (χ0n) is 14.0. The molecule has 27 heavy (non-hydrogen) atoms. The largest absolute Gasteiger partial charge is 0.507 e. The Kier molecular flexibility index (Phi) is 4.61. The van der Waals surface area contributed by atoms with Crippen molar-refractivity contribution >= 4 is 29.1 Å². The quantitative estimate of drug-likeness (QED) is 0.290. The molecular weight excluding hydrogens is 352 g/mol. The van der Waals surface area contributed by atoms with Gasteiger partial charge in [0.1, 0.15) is 5.75 Å². The monoisotopic (exact) mass is 368 g/mol. The van der Waals surface area contributed by atoms with Crippen LogP contribution in [0.2, 0.25) is 0 Å². The van der Waals surface area contributed by atoms with E-state index in [1.165, 1.54) is 12.1 Å². The number of hydrogen-bond donors (Lipinski definition) is 5. The summed E-state index contributed by atoms with van der Waals surface area (Å²) in [6.07, 6.45) is -0.369. The Labute approximate surface area is 153 Å². The zero-order valence-corrected chi connectivity index (χ0v) is 14.0. The van der Waals surface area contributed by atoms with E-state index >= 15 is 0 Å². The van der Waals surface area contributed by atoms with Gasteiger partial charge in [0.25, 0.3) is 5.91 Å². The number of phenolic OH excluding ortho intramolecular Hbond substituents is 1. The summed E-state index contributed by atoms with van der Waals surface area (Å²) in [5.41, 5.74) is 5.80. The van der Waals surface area contributed by atoms with Crippen LogP contribution in [-0.4, -0.2) is 33.6 Å². The van der Waals surface area contributed by atoms with Gasteiger partial charge < -0.3 is 21.3 Å². The summed E-state index contributed by atoms with van der Waals surface area (Å²) < 4.78 is 0. The van der Waals surface area contributed by atoms with Crippen LogP contribution in [0.4, 0.5) is 5.69 Å². The highest BCUT2D eigenvalue weighted by Crippen LogP contribution is 2.39. The van der Waals surface area contributed by atoms with Gasteiger partial charge in [-0.05, 0) is 18.2 Å². The first-order valence-electron chi connectivity index (χ1n) is 7.91. The number of aromatic hydroxyl groups is 1. The summed E-state index contributed by atoms with van der Waals surface area (Å²) in [6, 6.07) is 12.6. The summed E-state index contributed by atoms with van der Waals surface area (Å²) in [4.78, 5) is 34.8. The van der Waals surface area contributed by atoms with Crippen molar-refractivity contribution in [2.24, 2.45) is 10.8 Å². The summed E-state index contributed by atoms with van der Waals surface area (Å²) in [6.45, 7) is 0. The summed E-state index contributed by atoms with van der Waals surface area (Å²) >= 11 is 0. The molecule has 0 bridgehead atoms. The van der Waals surface area contributed by atoms with Gasteiger partial charge in [0.05, 0.1) is 5.71 Å². The van der Waals surface area contributed by atoms with Gasteiger partial charge >= 0.3 is 11.8 Å². The van der Waals surface area contributed by atoms with Crippen LogP contribution in [0.1, 0.15) is 17.5 Å². The standard InChI is InChI=1S/C18H16N4O5/c19-15(24)16(25)22-21-13(10-5-1-4-8-14(10)23)9-18(27)11-6-2-3-7-12(11)20-17(18)26/h1-8,23,27H,9H2,(H2,19,24)(H,20,26)(H,22,25)/b21-13+/t18-/m1/s1. The van der Waals surface area contributed by atoms with E-state index in [2.05, 4.69) is 10.4 Å². The number of para-hydroxylation sites is 2. The van der Waals surface area contributed by atoms with Crippen LogP contribution in [0.5, 0.6) is 5.75 Å². The number of primary amides is 1. The SMILES string of the molecule is NC(=O)C(=O)N/N=C(\C[C@]1(O)C(=O)Nc2ccccc21)c1ccccc1O. The lowest BCUT2D eigenvalue weighted by molar-refractivity contribution is -0.137. The van der Waals surface area contributed by atoms with Gasteiger partial charge in [-0.25, -0.2) is 5.43 Å². The number of carbonyl (C=O) groups is 3. The first-order chi connectivity index (χ1) is 12.8. The first kappa shape index (κ1) is 18.1. The molecule has 9 nitrogen and oxygen atoms in total. The van der Waals surface area contributed by atoms with Crippen molar-refractivity contribution in [3.63, 3.8) is 0 Å². The fourth-order valence-corrected chi connectivity index (χ4v) is 2.80. The van der Waals surface area contributed by atoms with Crippen molar-refractivity contribution in [2.75, 3.05) is 5.32 Å². The second-order valence-electron chi connectivity index (χ2n) is 5.92. The highest BCUT2D eigenvalue weighted by molar-refractivity contribution is 6.34. The lowest BCUT2D eigenvalue weighted by atomic mass is 9.87. The molecule has 0 aromatic heterocycles. The van der Waals surface area contributed by atoms with Gasteiger partial charge in [0, 0.05) is 23.2 Å². The van der Waals surface area contributed by atoms with Crippen LogP contribution in [0.3, 0.4) is 0 Å². The topological polar surface area (TPSA) is 154 Å². The molecule has 3 amide bonds. The molecule has 1 aliphatic rings. The number of phenols is 1. The smallest absolute Gasteiger partial charge is 0.329 e. The molecule has 0 unspecified atom stereocenters. The average Bonchev–Trinajstić information content (AvgIpc) is 2.89. The molecule has 1 atom stereocenters. The number of fused-ring (bicyclic) bond motifs is 1. The number of nitrogens with one attached hydrogen (secondary N) is 2. The molecule has 2 aromatic rings. The Hall–Kier alpha value is -3.72. The molecule has 0 spiro atoms. The van der Waals surface area contributed by atoms with Crippen molar-refractivity contribution in [2.45, 2.75) is 12.0 Å². The molecule has 1 aliphatic heterocycles. The number of anilines is 1. The number of hydrazone groups is 1. The molecule has 0 radical (unpaired) electrons. The van der Waals surface area contributed by atoms with E-state index in [0.29, 0.717) is 11.3 Å². The summed E-state index contributed by atoms with van der Waals surface area (Å²) in [5.74, 6) is -3.28. The van der Waals surface area contributed by atoms with Crippen molar-refractivity contribution in [3.05, 3.63) is 59.7 Å². The highest BCUT2D eigenvalue weighted by Gasteiger charge is 2.46. The molecule has 2 aromatic carbocycles. The van der Waals surface area contributed by atoms with E-state index in [-0.39, 0.29) is 23.4 Å². The van der Waals surface area contributed by atoms with Gasteiger partial charge in [-0.1, -0.05) is 30.3 Å². The summed E-state index contributed by atoms with van der Waals surface area (Å²) in [7, 11) is 0. The number of aliphatic hydroxyl groups is 1. The molecule has 0 saturated carbocycles. The van der Waals surface area contributed by atoms with E-state index < -0.39 is 23.3 Å². The van der Waals surface area contributed by atoms with Crippen LogP contribution in [0.15, 0.2) is 53.6 Å². The molecule has 6 N–H and O–H groups in total. The van der Waals surface area contributed by atoms with Gasteiger partial charge in [0.2, 0.25) is 0 Å². The van der Waals surface area contributed by atoms with Gasteiger partial charge in [-0.15, -0.1) is 0 Å². The molecule has 0 fully saturated rings. The maximum atomic E-state index is 12.4. The van der Waals surface area contributed by atoms with Crippen molar-refractivity contribution < 1.29 is 24.6 Å². The molecular formula is C18H16N4O5. The van der Waals surface area contributed by atoms with Crippen molar-refractivity contribution in [3.8, 4) is 5.75 Å². The molecule has 0 aliphatic carbocycles. The zero-order chi connectivity index (χ0) is 19.6. The average molecular weight is 368 g/mol. The second-order valence-corrected chi connectivity index (χ2v) is 5.92. The molecule has 0 saturated heterocycles. The fraction of sp³-hybridized carbons (Fsp3) is 0.111. The van der Waals surface area contributed by atoms with Crippen LogP contribution in [-0.2, 0) is 20.0 Å². The maximum Gasteiger partial charge on any atom is 0.329 e. The Bertz CT molecular complexity index is 972. The molecule has 3 rings (SSSR count). The number of rotatable bonds is 4. The number of carbonyl (C=O) groups excluding carboxylic acids is 3.